The highest BCUT2D eigenvalue weighted by Gasteiger charge is 2.35. The minimum absolute atomic E-state index is 0.304. The number of imidazole rings is 1. The first kappa shape index (κ1) is 63.2. The first-order valence-corrected chi connectivity index (χ1v) is 38.0. The first-order valence-electron chi connectivity index (χ1n) is 37.1. The molecule has 14 aromatic heterocycles. The van der Waals surface area contributed by atoms with E-state index >= 15 is 0 Å². The lowest BCUT2D eigenvalue weighted by atomic mass is 9.81. The summed E-state index contributed by atoms with van der Waals surface area (Å²) in [6, 6.07) is 82.0. The van der Waals surface area contributed by atoms with Crippen molar-refractivity contribution in [2.45, 2.75) is 0 Å². The Morgan fingerprint density at radius 1 is 0.333 bits per heavy atom. The molecule has 5 N–H and O–H groups in total. The molecule has 0 saturated heterocycles. The van der Waals surface area contributed by atoms with Gasteiger partial charge in [-0.1, -0.05) is 158 Å². The fourth-order valence-electron chi connectivity index (χ4n) is 17.1. The summed E-state index contributed by atoms with van der Waals surface area (Å²) in [5.74, 6) is 2.49. The van der Waals surface area contributed by atoms with Gasteiger partial charge in [0.2, 0.25) is 5.89 Å². The highest BCUT2D eigenvalue weighted by Crippen LogP contribution is 2.57. The number of fused-ring (bicyclic) bond motifs is 12. The molecule has 19 nitrogen and oxygen atoms in total. The first-order chi connectivity index (χ1) is 56.6. The van der Waals surface area contributed by atoms with E-state index < -0.39 is 0 Å². The molecule has 0 fully saturated rings. The van der Waals surface area contributed by atoms with Gasteiger partial charge in [-0.05, 0) is 95.9 Å². The van der Waals surface area contributed by atoms with Crippen LogP contribution in [0.15, 0.2) is 309 Å². The molecule has 24 aromatic rings. The lowest BCUT2D eigenvalue weighted by molar-refractivity contribution is 0.575. The largest absolute Gasteiger partial charge is 0.464 e. The lowest BCUT2D eigenvalue weighted by Crippen LogP contribution is -2.03. The zero-order valence-corrected chi connectivity index (χ0v) is 60.5. The number of furan rings is 3. The number of nitrogens with zero attached hydrogens (tertiary/aromatic N) is 10. The predicted molar refractivity (Wildman–Crippen MR) is 449 cm³/mol. The Labute approximate surface area is 647 Å². The van der Waals surface area contributed by atoms with Crippen molar-refractivity contribution in [2.75, 3.05) is 0 Å². The lowest BCUT2D eigenvalue weighted by Gasteiger charge is -2.22. The van der Waals surface area contributed by atoms with E-state index in [-0.39, 0.29) is 0 Å². The van der Waals surface area contributed by atoms with Crippen molar-refractivity contribution in [1.29, 1.82) is 0 Å². The Morgan fingerprint density at radius 3 is 1.91 bits per heavy atom. The summed E-state index contributed by atoms with van der Waals surface area (Å²) >= 11 is 1.62. The van der Waals surface area contributed by atoms with Crippen molar-refractivity contribution >= 4 is 121 Å². The number of thiophene rings is 1. The van der Waals surface area contributed by atoms with Gasteiger partial charge in [-0.15, -0.1) is 11.3 Å². The zero-order chi connectivity index (χ0) is 74.6. The Bertz CT molecular complexity index is 8050. The molecule has 0 radical (unpaired) electrons. The van der Waals surface area contributed by atoms with Crippen LogP contribution in [0.25, 0.3) is 256 Å². The van der Waals surface area contributed by atoms with Gasteiger partial charge in [-0.3, -0.25) is 10.1 Å². The molecule has 0 bridgehead atoms. The van der Waals surface area contributed by atoms with Gasteiger partial charge in [-0.2, -0.15) is 5.10 Å². The van der Waals surface area contributed by atoms with Crippen LogP contribution in [0.5, 0.6) is 0 Å². The van der Waals surface area contributed by atoms with Gasteiger partial charge in [0, 0.05) is 116 Å². The molecule has 0 aliphatic rings. The van der Waals surface area contributed by atoms with Gasteiger partial charge in [-0.25, -0.2) is 39.9 Å². The second-order valence-electron chi connectivity index (χ2n) is 28.1. The molecule has 0 saturated carbocycles. The second kappa shape index (κ2) is 24.9. The molecule has 534 valence electrons. The summed E-state index contributed by atoms with van der Waals surface area (Å²) in [7, 11) is 0. The van der Waals surface area contributed by atoms with Gasteiger partial charge in [0.1, 0.15) is 57.3 Å². The number of aromatic amines is 5. The molecular weight excluding hydrogens is 1440 g/mol. The van der Waals surface area contributed by atoms with Crippen molar-refractivity contribution in [1.82, 2.24) is 75.0 Å². The molecule has 0 aliphatic heterocycles. The van der Waals surface area contributed by atoms with Crippen LogP contribution in [0.2, 0.25) is 0 Å². The van der Waals surface area contributed by atoms with Crippen LogP contribution in [-0.2, 0) is 0 Å². The van der Waals surface area contributed by atoms with Crippen LogP contribution in [0.1, 0.15) is 0 Å². The summed E-state index contributed by atoms with van der Waals surface area (Å²) in [6.07, 6.45) is 12.2. The maximum atomic E-state index is 7.66. The van der Waals surface area contributed by atoms with Gasteiger partial charge in [0.05, 0.1) is 103 Å². The van der Waals surface area contributed by atoms with Gasteiger partial charge < -0.3 is 37.6 Å². The van der Waals surface area contributed by atoms with Gasteiger partial charge in [0.15, 0.2) is 11.6 Å². The number of pyridine rings is 1. The smallest absolute Gasteiger partial charge is 0.228 e. The Kier molecular flexibility index (Phi) is 13.8. The van der Waals surface area contributed by atoms with Crippen LogP contribution >= 0.6 is 11.3 Å². The van der Waals surface area contributed by atoms with E-state index in [1.54, 1.807) is 42.6 Å². The minimum atomic E-state index is 0.304. The summed E-state index contributed by atoms with van der Waals surface area (Å²) in [5, 5.41) is 18.7. The molecule has 114 heavy (non-hydrogen) atoms. The number of benzene rings is 10. The topological polar surface area (TPSA) is 260 Å². The molecule has 10 aromatic carbocycles. The second-order valence-corrected chi connectivity index (χ2v) is 29.0. The van der Waals surface area contributed by atoms with E-state index in [9.17, 15) is 0 Å². The number of hydrogen-bond donors (Lipinski definition) is 5. The summed E-state index contributed by atoms with van der Waals surface area (Å²) in [6.45, 7) is 0. The Balaban J connectivity index is 0.708. The van der Waals surface area contributed by atoms with Gasteiger partial charge >= 0.3 is 0 Å². The average molecular weight is 1490 g/mol. The number of rotatable bonds is 13. The number of aromatic nitrogens is 15. The highest BCUT2D eigenvalue weighted by atomic mass is 32.1. The van der Waals surface area contributed by atoms with Crippen molar-refractivity contribution in [3.05, 3.63) is 292 Å². The molecule has 0 aliphatic carbocycles. The Hall–Kier alpha value is -15.8. The highest BCUT2D eigenvalue weighted by molar-refractivity contribution is 7.14. The molecule has 24 rings (SSSR count). The number of para-hydroxylation sites is 7. The third kappa shape index (κ3) is 9.55. The summed E-state index contributed by atoms with van der Waals surface area (Å²) in [4.78, 5) is 63.8. The predicted octanol–water partition coefficient (Wildman–Crippen LogP) is 23.9. The third-order valence-electron chi connectivity index (χ3n) is 21.9. The van der Waals surface area contributed by atoms with E-state index in [1.807, 2.05) is 140 Å². The van der Waals surface area contributed by atoms with Crippen molar-refractivity contribution in [3.8, 4) is 146 Å². The number of H-pyrrole nitrogens is 5. The Morgan fingerprint density at radius 2 is 1.05 bits per heavy atom. The summed E-state index contributed by atoms with van der Waals surface area (Å²) in [5.41, 5.74) is 23.5. The standard InChI is InChI=1S/C94H53N15O4S/c1-2-20-52-51(19-1)81(76-55-23-6-12-35-70(55)113-90(76)78-75(57-26-15-24-50-49-18-3-7-28-62(49)101-80(50)57)74(77(66-32-13-14-41-95-66)85-86(78)100-48-99-85)56-25-17-36-71-72(56)54-22-5-11-34-69(54)112-71)106-83(52)93-104-63-29-8-4-21-53(63)82(107-93)87-88(103-65-31-10-9-30-64(65)102-87)92-97-43-38-68(105-92)84-73-58(27-16-33-67(73)108-109-84)89-61(39-45-110-89)91-59(40-47-114-91)79-60(37-42-96-79)94-98-44-46-111-94/h1-48,96,101,106H,(H,99,100)(H,108,109). The van der Waals surface area contributed by atoms with E-state index in [1.165, 1.54) is 0 Å². The number of nitrogens with one attached hydrogen (secondary N) is 5. The quantitative estimate of drug-likeness (QED) is 0.0719. The average Bonchev–Trinajstić information content (AvgIpc) is 1.47. The zero-order valence-electron chi connectivity index (χ0n) is 59.7. The van der Waals surface area contributed by atoms with E-state index in [0.717, 1.165) is 165 Å². The van der Waals surface area contributed by atoms with Crippen molar-refractivity contribution in [3.63, 3.8) is 0 Å². The fraction of sp³-hybridized carbons (Fsp3) is 0. The molecule has 0 atom stereocenters. The maximum Gasteiger partial charge on any atom is 0.228 e. The van der Waals surface area contributed by atoms with Gasteiger partial charge in [0.25, 0.3) is 0 Å². The minimum Gasteiger partial charge on any atom is -0.464 e. The number of oxazole rings is 1. The molecule has 20 heteroatoms. The van der Waals surface area contributed by atoms with Crippen LogP contribution in [0.4, 0.5) is 0 Å². The summed E-state index contributed by atoms with van der Waals surface area (Å²) < 4.78 is 26.7. The van der Waals surface area contributed by atoms with E-state index in [0.29, 0.717) is 90.9 Å². The van der Waals surface area contributed by atoms with Crippen LogP contribution in [0.3, 0.4) is 0 Å². The molecule has 14 heterocycles. The number of hydrogen-bond acceptors (Lipinski definition) is 15. The van der Waals surface area contributed by atoms with Crippen molar-refractivity contribution < 1.29 is 17.7 Å². The molecular formula is C94H53N15O4S. The van der Waals surface area contributed by atoms with Crippen LogP contribution in [0, 0.1) is 0 Å². The van der Waals surface area contributed by atoms with Crippen molar-refractivity contribution in [2.24, 2.45) is 0 Å². The molecule has 0 unspecified atom stereocenters. The molecule has 0 amide bonds. The maximum absolute atomic E-state index is 7.66. The normalized spacial score (nSPS) is 12.0. The van der Waals surface area contributed by atoms with E-state index in [2.05, 4.69) is 151 Å². The fourth-order valence-corrected chi connectivity index (χ4v) is 18.0. The van der Waals surface area contributed by atoms with Crippen LogP contribution < -0.4 is 0 Å². The van der Waals surface area contributed by atoms with Crippen LogP contribution in [-0.4, -0.2) is 75.0 Å². The molecule has 0 spiro atoms. The van der Waals surface area contributed by atoms with E-state index in [4.69, 9.17) is 62.6 Å². The third-order valence-corrected chi connectivity index (χ3v) is 22.8. The SMILES string of the molecule is c1ccc(-c2c(-c3cccc4oc5ccccc5c34)c(-c3cccc4c3[nH]c3ccccc34)c(-c3oc4ccccc4c3-c3[nH]c(-c4nc(-c5nc6ccccc6nc5-c5nccc(-c6n[nH]c7cccc(-c8occc8-c8sccc8-c8[nH]ccc8-c8ncco8)c67)n5)c5ccccc5n4)c4ccccc34)c3[nH]cnc23)nc1. The monoisotopic (exact) mass is 1490 g/mol.